The van der Waals surface area contributed by atoms with Gasteiger partial charge in [0.25, 0.3) is 0 Å². The molecule has 6 heteroatoms. The third-order valence-corrected chi connectivity index (χ3v) is 6.19. The first kappa shape index (κ1) is 20.9. The van der Waals surface area contributed by atoms with Gasteiger partial charge in [0.2, 0.25) is 11.8 Å². The maximum Gasteiger partial charge on any atom is 0.248 e. The molecule has 5 N–H and O–H groups in total. The summed E-state index contributed by atoms with van der Waals surface area (Å²) in [6.07, 6.45) is 3.92. The van der Waals surface area contributed by atoms with E-state index in [0.29, 0.717) is 18.0 Å². The summed E-state index contributed by atoms with van der Waals surface area (Å²) < 4.78 is 5.57. The molecule has 1 fully saturated rings. The average molecular weight is 396 g/mol. The Kier molecular flexibility index (Phi) is 6.23. The molecule has 3 rings (SSSR count). The third kappa shape index (κ3) is 4.43. The van der Waals surface area contributed by atoms with E-state index in [9.17, 15) is 9.59 Å². The van der Waals surface area contributed by atoms with Gasteiger partial charge in [-0.2, -0.15) is 0 Å². The molecule has 0 atom stereocenters. The Bertz CT molecular complexity index is 885. The molecule has 2 amide bonds. The molecule has 0 heterocycles. The fourth-order valence-corrected chi connectivity index (χ4v) is 4.26. The van der Waals surface area contributed by atoms with Crippen LogP contribution >= 0.6 is 0 Å². The fraction of sp³-hybridized carbons (Fsp3) is 0.391. The Morgan fingerprint density at radius 1 is 1.07 bits per heavy atom. The number of carbonyl (C=O) groups excluding carboxylic acids is 2. The molecule has 154 valence electrons. The molecule has 0 bridgehead atoms. The summed E-state index contributed by atoms with van der Waals surface area (Å²) >= 11 is 0. The van der Waals surface area contributed by atoms with Gasteiger partial charge in [-0.3, -0.25) is 9.59 Å². The highest BCUT2D eigenvalue weighted by atomic mass is 16.5. The summed E-state index contributed by atoms with van der Waals surface area (Å²) in [6, 6.07) is 13.5. The topological polar surface area (TPSA) is 107 Å². The Morgan fingerprint density at radius 2 is 1.69 bits per heavy atom. The first-order chi connectivity index (χ1) is 13.9. The van der Waals surface area contributed by atoms with E-state index in [1.807, 2.05) is 37.4 Å². The van der Waals surface area contributed by atoms with E-state index >= 15 is 0 Å². The van der Waals surface area contributed by atoms with Gasteiger partial charge in [0.05, 0.1) is 12.5 Å². The molecule has 1 aliphatic carbocycles. The molecule has 2 aromatic carbocycles. The van der Waals surface area contributed by atoms with Crippen LogP contribution in [0.5, 0.6) is 5.75 Å². The number of hydrogen-bond donors (Lipinski definition) is 3. The van der Waals surface area contributed by atoms with Crippen molar-refractivity contribution in [3.05, 3.63) is 53.6 Å². The normalized spacial score (nSPS) is 21.5. The van der Waals surface area contributed by atoms with Crippen LogP contribution in [-0.4, -0.2) is 32.0 Å². The summed E-state index contributed by atoms with van der Waals surface area (Å²) in [6.45, 7) is 0. The summed E-state index contributed by atoms with van der Waals surface area (Å²) in [4.78, 5) is 23.8. The molecule has 0 aromatic heterocycles. The molecule has 1 saturated carbocycles. The summed E-state index contributed by atoms with van der Waals surface area (Å²) in [5, 5.41) is 3.30. The van der Waals surface area contributed by atoms with Gasteiger partial charge in [-0.15, -0.1) is 0 Å². The smallest absolute Gasteiger partial charge is 0.248 e. The van der Waals surface area contributed by atoms with Crippen molar-refractivity contribution >= 4 is 11.8 Å². The van der Waals surface area contributed by atoms with Crippen molar-refractivity contribution in [2.24, 2.45) is 16.9 Å². The van der Waals surface area contributed by atoms with Gasteiger partial charge in [-0.1, -0.05) is 18.2 Å². The van der Waals surface area contributed by atoms with E-state index in [-0.39, 0.29) is 5.91 Å². The number of methoxy groups -OCH3 is 1. The van der Waals surface area contributed by atoms with Crippen molar-refractivity contribution in [2.75, 3.05) is 14.2 Å². The maximum atomic E-state index is 12.4. The predicted molar refractivity (Wildman–Crippen MR) is 114 cm³/mol. The van der Waals surface area contributed by atoms with Crippen molar-refractivity contribution in [1.29, 1.82) is 0 Å². The highest BCUT2D eigenvalue weighted by Crippen LogP contribution is 2.41. The monoisotopic (exact) mass is 395 g/mol. The number of hydrogen-bond acceptors (Lipinski definition) is 4. The lowest BCUT2D eigenvalue weighted by atomic mass is 9.68. The van der Waals surface area contributed by atoms with Crippen LogP contribution < -0.4 is 21.5 Å². The first-order valence-electron chi connectivity index (χ1n) is 9.93. The predicted octanol–water partition coefficient (Wildman–Crippen LogP) is 2.64. The van der Waals surface area contributed by atoms with E-state index in [1.54, 1.807) is 19.2 Å². The Hall–Kier alpha value is -2.86. The number of rotatable bonds is 7. The number of benzene rings is 2. The van der Waals surface area contributed by atoms with E-state index in [0.717, 1.165) is 48.1 Å². The highest BCUT2D eigenvalue weighted by molar-refractivity contribution is 5.93. The van der Waals surface area contributed by atoms with Crippen LogP contribution in [-0.2, 0) is 11.2 Å². The van der Waals surface area contributed by atoms with Gasteiger partial charge >= 0.3 is 0 Å². The molecule has 0 saturated heterocycles. The minimum Gasteiger partial charge on any atom is -0.496 e. The molecule has 29 heavy (non-hydrogen) atoms. The van der Waals surface area contributed by atoms with Gasteiger partial charge in [0.1, 0.15) is 5.75 Å². The Labute approximate surface area is 171 Å². The summed E-state index contributed by atoms with van der Waals surface area (Å²) in [7, 11) is 3.59. The second kappa shape index (κ2) is 8.66. The second-order valence-corrected chi connectivity index (χ2v) is 7.85. The number of nitrogens with one attached hydrogen (secondary N) is 1. The van der Waals surface area contributed by atoms with Crippen LogP contribution in [0, 0.1) is 5.41 Å². The lowest BCUT2D eigenvalue weighted by Crippen LogP contribution is -2.45. The van der Waals surface area contributed by atoms with E-state index < -0.39 is 11.3 Å². The number of carbonyl (C=O) groups is 2. The van der Waals surface area contributed by atoms with Gasteiger partial charge in [0.15, 0.2) is 0 Å². The van der Waals surface area contributed by atoms with Gasteiger partial charge in [-0.25, -0.2) is 0 Å². The highest BCUT2D eigenvalue weighted by Gasteiger charge is 2.40. The zero-order valence-corrected chi connectivity index (χ0v) is 17.0. The summed E-state index contributed by atoms with van der Waals surface area (Å²) in [5.74, 6) is 0.0525. The molecule has 0 radical (unpaired) electrons. The van der Waals surface area contributed by atoms with Crippen molar-refractivity contribution in [2.45, 2.75) is 38.1 Å². The molecule has 6 nitrogen and oxygen atoms in total. The molecule has 0 spiro atoms. The fourth-order valence-electron chi connectivity index (χ4n) is 4.26. The molecule has 0 unspecified atom stereocenters. The standard InChI is InChI=1S/C23H29N3O3/c1-26-19-9-11-23(12-10-19,22(25)28)14-18-13-17(7-8-20(18)29-2)15-3-5-16(6-4-15)21(24)27/h3-8,13,19,26H,9-12,14H2,1-2H3,(H2,24,27)(H2,25,28). The van der Waals surface area contributed by atoms with Crippen LogP contribution in [0.25, 0.3) is 11.1 Å². The van der Waals surface area contributed by atoms with Crippen molar-refractivity contribution in [3.63, 3.8) is 0 Å². The van der Waals surface area contributed by atoms with Gasteiger partial charge in [-0.05, 0) is 80.1 Å². The molecule has 1 aliphatic rings. The lowest BCUT2D eigenvalue weighted by Gasteiger charge is -2.38. The van der Waals surface area contributed by atoms with E-state index in [1.165, 1.54) is 0 Å². The zero-order chi connectivity index (χ0) is 21.0. The minimum atomic E-state index is -0.560. The van der Waals surface area contributed by atoms with Gasteiger partial charge in [0, 0.05) is 11.6 Å². The Balaban J connectivity index is 1.92. The Morgan fingerprint density at radius 3 is 2.21 bits per heavy atom. The zero-order valence-electron chi connectivity index (χ0n) is 17.0. The van der Waals surface area contributed by atoms with E-state index in [4.69, 9.17) is 16.2 Å². The summed E-state index contributed by atoms with van der Waals surface area (Å²) in [5.41, 5.74) is 14.0. The molecular weight excluding hydrogens is 366 g/mol. The van der Waals surface area contributed by atoms with Crippen molar-refractivity contribution in [1.82, 2.24) is 5.32 Å². The number of amides is 2. The largest absolute Gasteiger partial charge is 0.496 e. The van der Waals surface area contributed by atoms with Crippen LogP contribution in [0.3, 0.4) is 0 Å². The van der Waals surface area contributed by atoms with Crippen molar-refractivity contribution < 1.29 is 14.3 Å². The first-order valence-corrected chi connectivity index (χ1v) is 9.93. The number of ether oxygens (including phenoxy) is 1. The third-order valence-electron chi connectivity index (χ3n) is 6.19. The van der Waals surface area contributed by atoms with Crippen LogP contribution in [0.2, 0.25) is 0 Å². The second-order valence-electron chi connectivity index (χ2n) is 7.85. The number of primary amides is 2. The maximum absolute atomic E-state index is 12.4. The quantitative estimate of drug-likeness (QED) is 0.670. The van der Waals surface area contributed by atoms with Crippen LogP contribution in [0.15, 0.2) is 42.5 Å². The van der Waals surface area contributed by atoms with Crippen molar-refractivity contribution in [3.8, 4) is 16.9 Å². The molecular formula is C23H29N3O3. The lowest BCUT2D eigenvalue weighted by molar-refractivity contribution is -0.129. The van der Waals surface area contributed by atoms with Crippen LogP contribution in [0.4, 0.5) is 0 Å². The minimum absolute atomic E-state index is 0.245. The number of nitrogens with two attached hydrogens (primary N) is 2. The van der Waals surface area contributed by atoms with Crippen LogP contribution in [0.1, 0.15) is 41.6 Å². The SMILES string of the molecule is CNC1CCC(Cc2cc(-c3ccc(C(N)=O)cc3)ccc2OC)(C(N)=O)CC1. The molecule has 2 aromatic rings. The van der Waals surface area contributed by atoms with E-state index in [2.05, 4.69) is 5.32 Å². The van der Waals surface area contributed by atoms with Gasteiger partial charge < -0.3 is 21.5 Å². The molecule has 0 aliphatic heterocycles. The average Bonchev–Trinajstić information content (AvgIpc) is 2.74.